The largest absolute Gasteiger partial charge is 0.487 e. The van der Waals surface area contributed by atoms with Gasteiger partial charge in [-0.25, -0.2) is 0 Å². The predicted molar refractivity (Wildman–Crippen MR) is 137 cm³/mol. The van der Waals surface area contributed by atoms with Gasteiger partial charge < -0.3 is 4.74 Å². The second-order valence-corrected chi connectivity index (χ2v) is 9.44. The number of allylic oxidation sites excluding steroid dienone is 1. The fraction of sp³-hybridized carbons (Fsp3) is 0.0455. The summed E-state index contributed by atoms with van der Waals surface area (Å²) in [5.41, 5.74) is 2.98. The van der Waals surface area contributed by atoms with E-state index in [2.05, 4.69) is 67.2 Å². The van der Waals surface area contributed by atoms with Crippen molar-refractivity contribution in [1.82, 2.24) is 0 Å². The number of nitrogens with zero attached hydrogens (tertiary/aromatic N) is 2. The molecule has 0 saturated heterocycles. The monoisotopic (exact) mass is 686 g/mol. The summed E-state index contributed by atoms with van der Waals surface area (Å²) in [6.07, 6.45) is 1.77. The molecule has 30 heavy (non-hydrogen) atoms. The Hall–Kier alpha value is -1.97. The van der Waals surface area contributed by atoms with Crippen LogP contribution in [0.3, 0.4) is 0 Å². The molecule has 8 heteroatoms. The fourth-order valence-corrected chi connectivity index (χ4v) is 5.04. The SMILES string of the molecule is N#C/C(=C/c1cc(I)c(OCc2ccc(Br)cc2)c(I)c1)c1ccc([N+](=O)[O-])cc1. The first-order valence-corrected chi connectivity index (χ1v) is 11.6. The van der Waals surface area contributed by atoms with Gasteiger partial charge in [-0.05, 0) is 104 Å². The molecule has 0 amide bonds. The smallest absolute Gasteiger partial charge is 0.269 e. The first-order valence-electron chi connectivity index (χ1n) is 8.60. The summed E-state index contributed by atoms with van der Waals surface area (Å²) in [5, 5.41) is 20.4. The second-order valence-electron chi connectivity index (χ2n) is 6.20. The van der Waals surface area contributed by atoms with E-state index in [9.17, 15) is 15.4 Å². The fourth-order valence-electron chi connectivity index (χ4n) is 2.65. The van der Waals surface area contributed by atoms with Gasteiger partial charge in [0.2, 0.25) is 0 Å². The van der Waals surface area contributed by atoms with Gasteiger partial charge in [0.15, 0.2) is 0 Å². The molecule has 0 saturated carbocycles. The minimum Gasteiger partial charge on any atom is -0.487 e. The lowest BCUT2D eigenvalue weighted by molar-refractivity contribution is -0.384. The maximum atomic E-state index is 10.8. The third-order valence-corrected chi connectivity index (χ3v) is 6.27. The number of non-ortho nitro benzene ring substituents is 1. The molecule has 0 N–H and O–H groups in total. The standard InChI is InChI=1S/C22H13BrI2N2O3/c23-18-5-1-14(2-6-18)13-30-22-20(24)10-15(11-21(22)25)9-17(12-26)16-3-7-19(8-4-16)27(28)29/h1-11H,13H2/b17-9-. The highest BCUT2D eigenvalue weighted by molar-refractivity contribution is 14.1. The van der Waals surface area contributed by atoms with Crippen LogP contribution in [0.15, 0.2) is 65.1 Å². The van der Waals surface area contributed by atoms with Crippen LogP contribution in [0.2, 0.25) is 0 Å². The molecule has 0 atom stereocenters. The molecule has 3 aromatic carbocycles. The van der Waals surface area contributed by atoms with E-state index in [0.717, 1.165) is 28.5 Å². The van der Waals surface area contributed by atoms with Gasteiger partial charge in [-0.3, -0.25) is 10.1 Å². The van der Waals surface area contributed by atoms with Gasteiger partial charge in [-0.2, -0.15) is 5.26 Å². The van der Waals surface area contributed by atoms with Crippen molar-refractivity contribution in [2.75, 3.05) is 0 Å². The lowest BCUT2D eigenvalue weighted by atomic mass is 10.0. The lowest BCUT2D eigenvalue weighted by Gasteiger charge is -2.12. The molecule has 150 valence electrons. The van der Waals surface area contributed by atoms with E-state index in [1.807, 2.05) is 36.4 Å². The second kappa shape index (κ2) is 10.4. The lowest BCUT2D eigenvalue weighted by Crippen LogP contribution is -1.99. The average molecular weight is 687 g/mol. The highest BCUT2D eigenvalue weighted by atomic mass is 127. The summed E-state index contributed by atoms with van der Waals surface area (Å²) in [4.78, 5) is 10.4. The zero-order valence-corrected chi connectivity index (χ0v) is 21.2. The number of nitro groups is 1. The Kier molecular flexibility index (Phi) is 7.85. The molecular formula is C22H13BrI2N2O3. The number of nitro benzene ring substituents is 1. The van der Waals surface area contributed by atoms with Crippen molar-refractivity contribution in [3.8, 4) is 11.8 Å². The Labute approximate surface area is 209 Å². The van der Waals surface area contributed by atoms with Crippen LogP contribution in [0.1, 0.15) is 16.7 Å². The minimum atomic E-state index is -0.461. The van der Waals surface area contributed by atoms with Crippen molar-refractivity contribution in [2.24, 2.45) is 0 Å². The first-order chi connectivity index (χ1) is 14.4. The third kappa shape index (κ3) is 5.80. The number of nitriles is 1. The van der Waals surface area contributed by atoms with Gasteiger partial charge in [0, 0.05) is 16.6 Å². The molecule has 0 unspecified atom stereocenters. The van der Waals surface area contributed by atoms with Gasteiger partial charge in [-0.15, -0.1) is 0 Å². The molecule has 0 fully saturated rings. The van der Waals surface area contributed by atoms with Crippen LogP contribution < -0.4 is 4.74 Å². The van der Waals surface area contributed by atoms with Gasteiger partial charge in [0.1, 0.15) is 12.4 Å². The summed E-state index contributed by atoms with van der Waals surface area (Å²) in [6.45, 7) is 0.459. The van der Waals surface area contributed by atoms with E-state index >= 15 is 0 Å². The van der Waals surface area contributed by atoms with Crippen molar-refractivity contribution in [2.45, 2.75) is 6.61 Å². The van der Waals surface area contributed by atoms with E-state index in [-0.39, 0.29) is 5.69 Å². The Morgan fingerprint density at radius 1 is 1.10 bits per heavy atom. The molecule has 0 heterocycles. The van der Waals surface area contributed by atoms with Crippen LogP contribution in [0.5, 0.6) is 5.75 Å². The number of ether oxygens (including phenoxy) is 1. The van der Waals surface area contributed by atoms with Gasteiger partial charge in [0.25, 0.3) is 5.69 Å². The summed E-state index contributed by atoms with van der Waals surface area (Å²) < 4.78 is 8.91. The van der Waals surface area contributed by atoms with Crippen LogP contribution in [0.25, 0.3) is 11.6 Å². The quantitative estimate of drug-likeness (QED) is 0.0904. The zero-order valence-electron chi connectivity index (χ0n) is 15.3. The van der Waals surface area contributed by atoms with Crippen LogP contribution in [0, 0.1) is 28.6 Å². The molecule has 0 aliphatic rings. The molecule has 3 aromatic rings. The normalized spacial score (nSPS) is 11.1. The van der Waals surface area contributed by atoms with E-state index in [1.54, 1.807) is 18.2 Å². The molecule has 5 nitrogen and oxygen atoms in total. The highest BCUT2D eigenvalue weighted by Gasteiger charge is 2.11. The van der Waals surface area contributed by atoms with E-state index in [0.29, 0.717) is 17.7 Å². The Morgan fingerprint density at radius 2 is 1.70 bits per heavy atom. The summed E-state index contributed by atoms with van der Waals surface area (Å²) in [5.74, 6) is 0.796. The van der Waals surface area contributed by atoms with Crippen molar-refractivity contribution in [3.05, 3.63) is 99.1 Å². The zero-order chi connectivity index (χ0) is 21.7. The molecule has 0 aliphatic heterocycles. The third-order valence-electron chi connectivity index (χ3n) is 4.14. The summed E-state index contributed by atoms with van der Waals surface area (Å²) in [6, 6.07) is 20.0. The Morgan fingerprint density at radius 3 is 2.23 bits per heavy atom. The van der Waals surface area contributed by atoms with Crippen molar-refractivity contribution in [3.63, 3.8) is 0 Å². The van der Waals surface area contributed by atoms with Gasteiger partial charge in [0.05, 0.1) is 23.7 Å². The van der Waals surface area contributed by atoms with Crippen LogP contribution in [-0.2, 0) is 6.61 Å². The van der Waals surface area contributed by atoms with Crippen LogP contribution in [-0.4, -0.2) is 4.92 Å². The summed E-state index contributed by atoms with van der Waals surface area (Å²) >= 11 is 7.86. The summed E-state index contributed by atoms with van der Waals surface area (Å²) in [7, 11) is 0. The number of rotatable bonds is 6. The maximum absolute atomic E-state index is 10.8. The average Bonchev–Trinajstić information content (AvgIpc) is 2.73. The van der Waals surface area contributed by atoms with Crippen molar-refractivity contribution >= 4 is 78.4 Å². The van der Waals surface area contributed by atoms with Gasteiger partial charge in [-0.1, -0.05) is 28.1 Å². The van der Waals surface area contributed by atoms with Crippen molar-refractivity contribution < 1.29 is 9.66 Å². The highest BCUT2D eigenvalue weighted by Crippen LogP contribution is 2.31. The topological polar surface area (TPSA) is 76.2 Å². The predicted octanol–water partition coefficient (Wildman–Crippen LogP) is 7.21. The van der Waals surface area contributed by atoms with Crippen molar-refractivity contribution in [1.29, 1.82) is 5.26 Å². The van der Waals surface area contributed by atoms with Crippen LogP contribution in [0.4, 0.5) is 5.69 Å². The Bertz CT molecular complexity index is 1130. The first kappa shape index (κ1) is 22.7. The van der Waals surface area contributed by atoms with E-state index in [4.69, 9.17) is 4.74 Å². The van der Waals surface area contributed by atoms with E-state index in [1.165, 1.54) is 12.1 Å². The number of hydrogen-bond acceptors (Lipinski definition) is 4. The number of benzene rings is 3. The maximum Gasteiger partial charge on any atom is 0.269 e. The number of halogens is 3. The Balaban J connectivity index is 1.83. The molecule has 0 radical (unpaired) electrons. The molecule has 0 bridgehead atoms. The molecular weight excluding hydrogens is 674 g/mol. The molecule has 0 aliphatic carbocycles. The van der Waals surface area contributed by atoms with Gasteiger partial charge >= 0.3 is 0 Å². The molecule has 0 spiro atoms. The minimum absolute atomic E-state index is 0.00703. The number of hydrogen-bond donors (Lipinski definition) is 0. The van der Waals surface area contributed by atoms with E-state index < -0.39 is 4.92 Å². The molecule has 3 rings (SSSR count). The van der Waals surface area contributed by atoms with Crippen LogP contribution >= 0.6 is 61.1 Å². The molecule has 0 aromatic heterocycles.